The molecule has 0 bridgehead atoms. The van der Waals surface area contributed by atoms with Crippen molar-refractivity contribution in [3.8, 4) is 0 Å². The fourth-order valence-electron chi connectivity index (χ4n) is 2.38. The van der Waals surface area contributed by atoms with E-state index in [0.29, 0.717) is 12.6 Å². The van der Waals surface area contributed by atoms with Gasteiger partial charge in [-0.3, -0.25) is 10.1 Å². The Morgan fingerprint density at radius 1 is 1.25 bits per heavy atom. The maximum Gasteiger partial charge on any atom is 0.324 e. The highest BCUT2D eigenvalue weighted by atomic mass is 16.2. The van der Waals surface area contributed by atoms with Crippen LogP contribution in [0.5, 0.6) is 0 Å². The van der Waals surface area contributed by atoms with Gasteiger partial charge in [-0.15, -0.1) is 0 Å². The van der Waals surface area contributed by atoms with Gasteiger partial charge in [0.2, 0.25) is 5.91 Å². The smallest absolute Gasteiger partial charge is 0.321 e. The second-order valence-corrected chi connectivity index (χ2v) is 4.88. The van der Waals surface area contributed by atoms with Crippen LogP contribution in [0.1, 0.15) is 19.8 Å². The molecule has 2 rings (SSSR count). The van der Waals surface area contributed by atoms with E-state index in [-0.39, 0.29) is 17.9 Å². The molecule has 16 heavy (non-hydrogen) atoms. The van der Waals surface area contributed by atoms with Crippen molar-refractivity contribution in [2.24, 2.45) is 5.92 Å². The van der Waals surface area contributed by atoms with E-state index in [4.69, 9.17) is 0 Å². The van der Waals surface area contributed by atoms with Crippen molar-refractivity contribution >= 4 is 11.9 Å². The number of hydrogen-bond acceptors (Lipinski definition) is 3. The molecule has 1 unspecified atom stereocenters. The summed E-state index contributed by atoms with van der Waals surface area (Å²) in [5, 5.41) is 2.42. The highest BCUT2D eigenvalue weighted by Crippen LogP contribution is 2.19. The minimum Gasteiger partial charge on any atom is -0.321 e. The number of urea groups is 1. The number of carbonyl (C=O) groups is 2. The molecule has 1 N–H and O–H groups in total. The number of hydrogen-bond donors (Lipinski definition) is 1. The minimum atomic E-state index is -0.211. The molecular formula is C11H19N3O2. The predicted octanol–water partition coefficient (Wildman–Crippen LogP) is 0.269. The summed E-state index contributed by atoms with van der Waals surface area (Å²) < 4.78 is 0. The molecule has 2 heterocycles. The van der Waals surface area contributed by atoms with Gasteiger partial charge >= 0.3 is 6.03 Å². The predicted molar refractivity (Wildman–Crippen MR) is 59.9 cm³/mol. The first-order chi connectivity index (χ1) is 7.58. The van der Waals surface area contributed by atoms with Crippen molar-refractivity contribution in [3.05, 3.63) is 0 Å². The van der Waals surface area contributed by atoms with Gasteiger partial charge in [-0.25, -0.2) is 4.79 Å². The van der Waals surface area contributed by atoms with Gasteiger partial charge in [0.05, 0.1) is 5.92 Å². The molecule has 3 amide bonds. The van der Waals surface area contributed by atoms with Crippen LogP contribution in [0.4, 0.5) is 4.79 Å². The van der Waals surface area contributed by atoms with Crippen molar-refractivity contribution in [2.45, 2.75) is 25.8 Å². The van der Waals surface area contributed by atoms with Crippen molar-refractivity contribution in [3.63, 3.8) is 0 Å². The number of imide groups is 1. The molecule has 0 aromatic rings. The van der Waals surface area contributed by atoms with Crippen LogP contribution < -0.4 is 5.32 Å². The lowest BCUT2D eigenvalue weighted by molar-refractivity contribution is -0.125. The summed E-state index contributed by atoms with van der Waals surface area (Å²) in [5.41, 5.74) is 0. The van der Waals surface area contributed by atoms with Crippen molar-refractivity contribution in [2.75, 3.05) is 26.7 Å². The van der Waals surface area contributed by atoms with E-state index in [2.05, 4.69) is 17.3 Å². The van der Waals surface area contributed by atoms with Crippen LogP contribution in [0.25, 0.3) is 0 Å². The van der Waals surface area contributed by atoms with E-state index >= 15 is 0 Å². The molecule has 2 saturated heterocycles. The first-order valence-corrected chi connectivity index (χ1v) is 5.88. The lowest BCUT2D eigenvalue weighted by atomic mass is 10.0. The summed E-state index contributed by atoms with van der Waals surface area (Å²) in [5.74, 6) is -0.230. The summed E-state index contributed by atoms with van der Waals surface area (Å²) >= 11 is 0. The highest BCUT2D eigenvalue weighted by molar-refractivity contribution is 5.97. The Morgan fingerprint density at radius 3 is 2.50 bits per heavy atom. The highest BCUT2D eigenvalue weighted by Gasteiger charge is 2.34. The molecule has 0 aromatic heterocycles. The Morgan fingerprint density at radius 2 is 1.88 bits per heavy atom. The van der Waals surface area contributed by atoms with Gasteiger partial charge in [0.25, 0.3) is 0 Å². The molecule has 2 fully saturated rings. The van der Waals surface area contributed by atoms with Gasteiger partial charge in [0.1, 0.15) is 0 Å². The van der Waals surface area contributed by atoms with Crippen LogP contribution in [0.3, 0.4) is 0 Å². The van der Waals surface area contributed by atoms with Crippen LogP contribution >= 0.6 is 0 Å². The van der Waals surface area contributed by atoms with Crippen molar-refractivity contribution in [1.29, 1.82) is 0 Å². The van der Waals surface area contributed by atoms with Crippen LogP contribution in [0, 0.1) is 5.92 Å². The van der Waals surface area contributed by atoms with Crippen LogP contribution in [-0.4, -0.2) is 54.5 Å². The Kier molecular flexibility index (Phi) is 3.14. The zero-order valence-electron chi connectivity index (χ0n) is 9.90. The van der Waals surface area contributed by atoms with E-state index in [1.165, 1.54) is 0 Å². The zero-order chi connectivity index (χ0) is 11.7. The van der Waals surface area contributed by atoms with E-state index in [9.17, 15) is 9.59 Å². The summed E-state index contributed by atoms with van der Waals surface area (Å²) in [6, 6.07) is 0.0874. The maximum absolute atomic E-state index is 11.7. The number of amides is 3. The minimum absolute atomic E-state index is 0.0858. The normalized spacial score (nSPS) is 29.4. The average Bonchev–Trinajstić information content (AvgIpc) is 2.25. The van der Waals surface area contributed by atoms with Crippen molar-refractivity contribution in [1.82, 2.24) is 15.1 Å². The monoisotopic (exact) mass is 225 g/mol. The van der Waals surface area contributed by atoms with E-state index in [1.807, 2.05) is 11.8 Å². The van der Waals surface area contributed by atoms with Crippen LogP contribution in [-0.2, 0) is 4.79 Å². The Balaban J connectivity index is 1.98. The lowest BCUT2D eigenvalue weighted by Gasteiger charge is -2.40. The van der Waals surface area contributed by atoms with Gasteiger partial charge < -0.3 is 9.80 Å². The van der Waals surface area contributed by atoms with E-state index < -0.39 is 0 Å². The number of carbonyl (C=O) groups excluding carboxylic acids is 2. The van der Waals surface area contributed by atoms with Gasteiger partial charge in [-0.2, -0.15) is 0 Å². The summed E-state index contributed by atoms with van der Waals surface area (Å²) in [4.78, 5) is 27.1. The molecule has 5 heteroatoms. The molecule has 90 valence electrons. The summed E-state index contributed by atoms with van der Waals surface area (Å²) in [7, 11) is 2.10. The third-order valence-electron chi connectivity index (χ3n) is 3.54. The molecule has 2 aliphatic heterocycles. The molecular weight excluding hydrogens is 206 g/mol. The topological polar surface area (TPSA) is 52.6 Å². The Hall–Kier alpha value is -1.10. The molecule has 0 aromatic carbocycles. The lowest BCUT2D eigenvalue weighted by Crippen LogP contribution is -2.58. The fourth-order valence-corrected chi connectivity index (χ4v) is 2.38. The number of nitrogens with zero attached hydrogens (tertiary/aromatic N) is 2. The summed E-state index contributed by atoms with van der Waals surface area (Å²) in [6.45, 7) is 4.48. The number of piperidine rings is 1. The van der Waals surface area contributed by atoms with Gasteiger partial charge in [-0.05, 0) is 33.0 Å². The standard InChI is InChI=1S/C11H19N3O2/c1-8-7-14(11(16)12-10(8)15)9-3-5-13(2)6-4-9/h8-9H,3-7H2,1-2H3,(H,12,15,16). The Bertz CT molecular complexity index is 298. The quantitative estimate of drug-likeness (QED) is 0.697. The SMILES string of the molecule is CC1CN(C2CCN(C)CC2)C(=O)NC1=O. The van der Waals surface area contributed by atoms with E-state index in [0.717, 1.165) is 25.9 Å². The number of nitrogens with one attached hydrogen (secondary N) is 1. The van der Waals surface area contributed by atoms with Crippen LogP contribution in [0.15, 0.2) is 0 Å². The molecule has 0 saturated carbocycles. The van der Waals surface area contributed by atoms with Crippen LogP contribution in [0.2, 0.25) is 0 Å². The first-order valence-electron chi connectivity index (χ1n) is 5.88. The molecule has 0 radical (unpaired) electrons. The molecule has 0 aliphatic carbocycles. The average molecular weight is 225 g/mol. The Labute approximate surface area is 95.8 Å². The van der Waals surface area contributed by atoms with Gasteiger partial charge in [0.15, 0.2) is 0 Å². The molecule has 1 atom stereocenters. The second kappa shape index (κ2) is 4.41. The number of likely N-dealkylation sites (tertiary alicyclic amines) is 1. The van der Waals surface area contributed by atoms with Gasteiger partial charge in [-0.1, -0.05) is 6.92 Å². The third kappa shape index (κ3) is 2.19. The second-order valence-electron chi connectivity index (χ2n) is 4.88. The first kappa shape index (κ1) is 11.4. The largest absolute Gasteiger partial charge is 0.324 e. The molecule has 0 spiro atoms. The van der Waals surface area contributed by atoms with E-state index in [1.54, 1.807) is 0 Å². The summed E-state index contributed by atoms with van der Waals surface area (Å²) in [6.07, 6.45) is 2.01. The molecule has 5 nitrogen and oxygen atoms in total. The number of rotatable bonds is 1. The zero-order valence-corrected chi connectivity index (χ0v) is 9.90. The third-order valence-corrected chi connectivity index (χ3v) is 3.54. The maximum atomic E-state index is 11.7. The van der Waals surface area contributed by atoms with Crippen molar-refractivity contribution < 1.29 is 9.59 Å². The van der Waals surface area contributed by atoms with Gasteiger partial charge in [0, 0.05) is 12.6 Å². The molecule has 2 aliphatic rings. The fraction of sp³-hybridized carbons (Fsp3) is 0.818.